The summed E-state index contributed by atoms with van der Waals surface area (Å²) in [6.07, 6.45) is 5.74. The van der Waals surface area contributed by atoms with Crippen LogP contribution in [0.1, 0.15) is 51.2 Å². The quantitative estimate of drug-likeness (QED) is 0.670. The molecule has 2 nitrogen and oxygen atoms in total. The van der Waals surface area contributed by atoms with Gasteiger partial charge in [0.1, 0.15) is 0 Å². The van der Waals surface area contributed by atoms with Crippen LogP contribution >= 0.6 is 0 Å². The van der Waals surface area contributed by atoms with Crippen LogP contribution in [0.15, 0.2) is 24.3 Å². The van der Waals surface area contributed by atoms with Crippen LogP contribution in [-0.4, -0.2) is 18.6 Å². The lowest BCUT2D eigenvalue weighted by atomic mass is 10.0. The van der Waals surface area contributed by atoms with Crippen molar-refractivity contribution in [3.63, 3.8) is 0 Å². The lowest BCUT2D eigenvalue weighted by molar-refractivity contribution is 0.449. The summed E-state index contributed by atoms with van der Waals surface area (Å²) in [5.74, 6) is 0. The van der Waals surface area contributed by atoms with E-state index in [-0.39, 0.29) is 5.54 Å². The molecule has 0 saturated heterocycles. The molecule has 0 bridgehead atoms. The van der Waals surface area contributed by atoms with Crippen molar-refractivity contribution in [3.8, 4) is 0 Å². The Labute approximate surface area is 118 Å². The molecule has 0 aliphatic carbocycles. The van der Waals surface area contributed by atoms with Gasteiger partial charge in [0, 0.05) is 5.54 Å². The molecule has 1 aromatic rings. The zero-order chi connectivity index (χ0) is 14.1. The minimum Gasteiger partial charge on any atom is -0.326 e. The topological polar surface area (TPSA) is 38.0 Å². The maximum atomic E-state index is 5.95. The Kier molecular flexibility index (Phi) is 7.11. The normalized spacial score (nSPS) is 11.8. The summed E-state index contributed by atoms with van der Waals surface area (Å²) >= 11 is 0. The number of aryl methyl sites for hydroxylation is 1. The van der Waals surface area contributed by atoms with Crippen molar-refractivity contribution in [2.24, 2.45) is 5.73 Å². The van der Waals surface area contributed by atoms with Gasteiger partial charge in [0.2, 0.25) is 0 Å². The Morgan fingerprint density at radius 3 is 2.11 bits per heavy atom. The molecule has 0 atom stereocenters. The Balaban J connectivity index is 2.12. The molecule has 1 aromatic carbocycles. The van der Waals surface area contributed by atoms with E-state index in [1.165, 1.54) is 24.0 Å². The van der Waals surface area contributed by atoms with Gasteiger partial charge in [-0.05, 0) is 63.7 Å². The van der Waals surface area contributed by atoms with Crippen molar-refractivity contribution < 1.29 is 0 Å². The Morgan fingerprint density at radius 1 is 1.00 bits per heavy atom. The molecule has 0 aromatic heterocycles. The van der Waals surface area contributed by atoms with E-state index >= 15 is 0 Å². The molecule has 0 radical (unpaired) electrons. The van der Waals surface area contributed by atoms with Crippen LogP contribution in [0.3, 0.4) is 0 Å². The van der Waals surface area contributed by atoms with E-state index in [9.17, 15) is 0 Å². The van der Waals surface area contributed by atoms with E-state index in [1.807, 2.05) is 0 Å². The van der Waals surface area contributed by atoms with E-state index in [4.69, 9.17) is 5.73 Å². The molecule has 3 N–H and O–H groups in total. The fraction of sp³-hybridized carbons (Fsp3) is 0.647. The SMILES string of the molecule is CCCc1ccc(CCNCCCC(C)(C)N)cc1. The molecule has 0 unspecified atom stereocenters. The van der Waals surface area contributed by atoms with Gasteiger partial charge in [-0.2, -0.15) is 0 Å². The van der Waals surface area contributed by atoms with Gasteiger partial charge in [-0.15, -0.1) is 0 Å². The van der Waals surface area contributed by atoms with E-state index in [0.717, 1.165) is 32.4 Å². The van der Waals surface area contributed by atoms with Gasteiger partial charge in [-0.3, -0.25) is 0 Å². The smallest absolute Gasteiger partial charge is 0.00975 e. The molecule has 108 valence electrons. The third kappa shape index (κ3) is 8.02. The van der Waals surface area contributed by atoms with Gasteiger partial charge in [-0.1, -0.05) is 37.6 Å². The maximum absolute atomic E-state index is 5.95. The molecule has 1 rings (SSSR count). The number of nitrogens with one attached hydrogen (secondary N) is 1. The standard InChI is InChI=1S/C17H30N2/c1-4-6-15-7-9-16(10-8-15)11-14-19-13-5-12-17(2,3)18/h7-10,19H,4-6,11-14,18H2,1-3H3. The van der Waals surface area contributed by atoms with Crippen LogP contribution in [0, 0.1) is 0 Å². The summed E-state index contributed by atoms with van der Waals surface area (Å²) in [7, 11) is 0. The minimum absolute atomic E-state index is 0.0310. The molecule has 0 aliphatic rings. The second-order valence-corrected chi connectivity index (χ2v) is 6.16. The first-order chi connectivity index (χ1) is 9.01. The summed E-state index contributed by atoms with van der Waals surface area (Å²) in [6, 6.07) is 9.04. The Hall–Kier alpha value is -0.860. The average molecular weight is 262 g/mol. The summed E-state index contributed by atoms with van der Waals surface area (Å²) in [5.41, 5.74) is 8.79. The fourth-order valence-electron chi connectivity index (χ4n) is 2.19. The largest absolute Gasteiger partial charge is 0.326 e. The first-order valence-corrected chi connectivity index (χ1v) is 7.58. The second kappa shape index (κ2) is 8.34. The van der Waals surface area contributed by atoms with Crippen molar-refractivity contribution >= 4 is 0 Å². The third-order valence-corrected chi connectivity index (χ3v) is 3.33. The highest BCUT2D eigenvalue weighted by Gasteiger charge is 2.08. The second-order valence-electron chi connectivity index (χ2n) is 6.16. The molecule has 0 fully saturated rings. The summed E-state index contributed by atoms with van der Waals surface area (Å²) in [4.78, 5) is 0. The van der Waals surface area contributed by atoms with Gasteiger partial charge in [-0.25, -0.2) is 0 Å². The predicted octanol–water partition coefficient (Wildman–Crippen LogP) is 3.29. The van der Waals surface area contributed by atoms with Gasteiger partial charge in [0.05, 0.1) is 0 Å². The van der Waals surface area contributed by atoms with Crippen molar-refractivity contribution in [1.82, 2.24) is 5.32 Å². The first-order valence-electron chi connectivity index (χ1n) is 7.58. The van der Waals surface area contributed by atoms with Crippen LogP contribution in [0.2, 0.25) is 0 Å². The fourth-order valence-corrected chi connectivity index (χ4v) is 2.19. The maximum Gasteiger partial charge on any atom is 0.00975 e. The number of hydrogen-bond acceptors (Lipinski definition) is 2. The highest BCUT2D eigenvalue weighted by Crippen LogP contribution is 2.07. The van der Waals surface area contributed by atoms with E-state index < -0.39 is 0 Å². The number of benzene rings is 1. The molecule has 19 heavy (non-hydrogen) atoms. The first kappa shape index (κ1) is 16.2. The molecule has 0 spiro atoms. The van der Waals surface area contributed by atoms with E-state index in [2.05, 4.69) is 50.4 Å². The van der Waals surface area contributed by atoms with Crippen LogP contribution < -0.4 is 11.1 Å². The van der Waals surface area contributed by atoms with Gasteiger partial charge >= 0.3 is 0 Å². The lowest BCUT2D eigenvalue weighted by Crippen LogP contribution is -2.33. The zero-order valence-corrected chi connectivity index (χ0v) is 12.8. The highest BCUT2D eigenvalue weighted by atomic mass is 14.8. The van der Waals surface area contributed by atoms with Gasteiger partial charge < -0.3 is 11.1 Å². The van der Waals surface area contributed by atoms with Crippen LogP contribution in [0.4, 0.5) is 0 Å². The molecular weight excluding hydrogens is 232 g/mol. The Morgan fingerprint density at radius 2 is 1.58 bits per heavy atom. The minimum atomic E-state index is -0.0310. The average Bonchev–Trinajstić information content (AvgIpc) is 2.35. The Bertz CT molecular complexity index is 335. The molecule has 0 heterocycles. The monoisotopic (exact) mass is 262 g/mol. The van der Waals surface area contributed by atoms with E-state index in [0.29, 0.717) is 0 Å². The predicted molar refractivity (Wildman–Crippen MR) is 84.5 cm³/mol. The van der Waals surface area contributed by atoms with Gasteiger partial charge in [0.25, 0.3) is 0 Å². The molecule has 0 aliphatic heterocycles. The highest BCUT2D eigenvalue weighted by molar-refractivity contribution is 5.22. The zero-order valence-electron chi connectivity index (χ0n) is 12.8. The molecule has 0 saturated carbocycles. The number of rotatable bonds is 9. The molecular formula is C17H30N2. The number of nitrogens with two attached hydrogens (primary N) is 1. The van der Waals surface area contributed by atoms with Gasteiger partial charge in [0.15, 0.2) is 0 Å². The van der Waals surface area contributed by atoms with E-state index in [1.54, 1.807) is 0 Å². The third-order valence-electron chi connectivity index (χ3n) is 3.33. The number of hydrogen-bond donors (Lipinski definition) is 2. The van der Waals surface area contributed by atoms with Crippen molar-refractivity contribution in [1.29, 1.82) is 0 Å². The summed E-state index contributed by atoms with van der Waals surface area (Å²) in [5, 5.41) is 3.49. The molecule has 2 heteroatoms. The van der Waals surface area contributed by atoms with Crippen LogP contribution in [0.5, 0.6) is 0 Å². The van der Waals surface area contributed by atoms with Crippen molar-refractivity contribution in [2.45, 2.75) is 58.4 Å². The van der Waals surface area contributed by atoms with Crippen molar-refractivity contribution in [3.05, 3.63) is 35.4 Å². The van der Waals surface area contributed by atoms with Crippen LogP contribution in [0.25, 0.3) is 0 Å². The summed E-state index contributed by atoms with van der Waals surface area (Å²) in [6.45, 7) is 8.52. The summed E-state index contributed by atoms with van der Waals surface area (Å²) < 4.78 is 0. The lowest BCUT2D eigenvalue weighted by Gasteiger charge is -2.17. The van der Waals surface area contributed by atoms with Crippen molar-refractivity contribution in [2.75, 3.05) is 13.1 Å². The van der Waals surface area contributed by atoms with Crippen LogP contribution in [-0.2, 0) is 12.8 Å². The molecule has 0 amide bonds.